The van der Waals surface area contributed by atoms with Crippen LogP contribution in [0.4, 0.5) is 4.39 Å². The Kier molecular flexibility index (Phi) is 2.82. The summed E-state index contributed by atoms with van der Waals surface area (Å²) < 4.78 is 13.0. The third-order valence-electron chi connectivity index (χ3n) is 2.57. The van der Waals surface area contributed by atoms with Crippen LogP contribution >= 0.6 is 0 Å². The first-order valence-corrected chi connectivity index (χ1v) is 5.03. The summed E-state index contributed by atoms with van der Waals surface area (Å²) in [6, 6.07) is 11.9. The molecule has 0 aliphatic rings. The minimum atomic E-state index is -0.259. The summed E-state index contributed by atoms with van der Waals surface area (Å²) in [5.74, 6) is -0.259. The molecule has 0 fully saturated rings. The first kappa shape index (κ1) is 10.6. The van der Waals surface area contributed by atoms with E-state index in [2.05, 4.69) is 0 Å². The molecule has 2 rings (SSSR count). The molecule has 0 unspecified atom stereocenters. The molecule has 1 nitrogen and oxygen atoms in total. The average molecular weight is 214 g/mol. The molecule has 0 amide bonds. The van der Waals surface area contributed by atoms with Crippen molar-refractivity contribution in [3.8, 4) is 11.1 Å². The molecule has 2 heteroatoms. The Hall–Kier alpha value is -1.96. The van der Waals surface area contributed by atoms with E-state index < -0.39 is 0 Å². The van der Waals surface area contributed by atoms with Crippen LogP contribution in [0, 0.1) is 12.7 Å². The Morgan fingerprint density at radius 1 is 1.06 bits per heavy atom. The van der Waals surface area contributed by atoms with Gasteiger partial charge in [-0.2, -0.15) is 0 Å². The van der Waals surface area contributed by atoms with Gasteiger partial charge >= 0.3 is 0 Å². The second-order valence-corrected chi connectivity index (χ2v) is 3.66. The second-order valence-electron chi connectivity index (χ2n) is 3.66. The predicted molar refractivity (Wildman–Crippen MR) is 62.0 cm³/mol. The van der Waals surface area contributed by atoms with Gasteiger partial charge in [0.2, 0.25) is 0 Å². The largest absolute Gasteiger partial charge is 0.298 e. The lowest BCUT2D eigenvalue weighted by Crippen LogP contribution is -1.90. The topological polar surface area (TPSA) is 17.1 Å². The number of carbonyl (C=O) groups is 1. The summed E-state index contributed by atoms with van der Waals surface area (Å²) in [4.78, 5) is 10.9. The molecule has 0 saturated carbocycles. The van der Waals surface area contributed by atoms with Gasteiger partial charge in [0.25, 0.3) is 0 Å². The molecule has 2 aromatic carbocycles. The Labute approximate surface area is 93.5 Å². The number of benzene rings is 2. The lowest BCUT2D eigenvalue weighted by Gasteiger charge is -2.08. The SMILES string of the molecule is Cc1cc(F)ccc1-c1ccccc1C=O. The minimum absolute atomic E-state index is 0.259. The van der Waals surface area contributed by atoms with Gasteiger partial charge in [0.15, 0.2) is 6.29 Å². The van der Waals surface area contributed by atoms with Crippen molar-refractivity contribution in [1.82, 2.24) is 0 Å². The molecule has 0 bridgehead atoms. The standard InChI is InChI=1S/C14H11FO/c1-10-8-12(15)6-7-13(10)14-5-3-2-4-11(14)9-16/h2-9H,1H3. The number of aldehydes is 1. The van der Waals surface area contributed by atoms with Crippen molar-refractivity contribution < 1.29 is 9.18 Å². The highest BCUT2D eigenvalue weighted by atomic mass is 19.1. The van der Waals surface area contributed by atoms with Gasteiger partial charge in [-0.1, -0.05) is 30.3 Å². The van der Waals surface area contributed by atoms with Gasteiger partial charge in [0, 0.05) is 5.56 Å². The van der Waals surface area contributed by atoms with Gasteiger partial charge in [-0.25, -0.2) is 4.39 Å². The van der Waals surface area contributed by atoms with Gasteiger partial charge in [-0.3, -0.25) is 4.79 Å². The number of halogens is 1. The first-order chi connectivity index (χ1) is 7.72. The molecule has 0 saturated heterocycles. The number of carbonyl (C=O) groups excluding carboxylic acids is 1. The van der Waals surface area contributed by atoms with Crippen LogP contribution in [0.3, 0.4) is 0 Å². The quantitative estimate of drug-likeness (QED) is 0.698. The molecule has 80 valence electrons. The van der Waals surface area contributed by atoms with Crippen molar-refractivity contribution in [2.75, 3.05) is 0 Å². The average Bonchev–Trinajstić information content (AvgIpc) is 2.29. The summed E-state index contributed by atoms with van der Waals surface area (Å²) >= 11 is 0. The fourth-order valence-corrected chi connectivity index (χ4v) is 1.77. The zero-order valence-corrected chi connectivity index (χ0v) is 8.91. The molecular weight excluding hydrogens is 203 g/mol. The maximum Gasteiger partial charge on any atom is 0.150 e. The second kappa shape index (κ2) is 4.27. The van der Waals surface area contributed by atoms with Gasteiger partial charge < -0.3 is 0 Å². The summed E-state index contributed by atoms with van der Waals surface area (Å²) in [6.07, 6.45) is 0.818. The smallest absolute Gasteiger partial charge is 0.150 e. The normalized spacial score (nSPS) is 10.1. The van der Waals surface area contributed by atoms with Crippen LogP contribution in [-0.4, -0.2) is 6.29 Å². The number of hydrogen-bond acceptors (Lipinski definition) is 1. The van der Waals surface area contributed by atoms with Crippen LogP contribution in [-0.2, 0) is 0 Å². The van der Waals surface area contributed by atoms with Crippen molar-refractivity contribution in [3.05, 3.63) is 59.4 Å². The number of aryl methyl sites for hydroxylation is 1. The van der Waals surface area contributed by atoms with E-state index in [0.29, 0.717) is 5.56 Å². The van der Waals surface area contributed by atoms with E-state index in [1.165, 1.54) is 12.1 Å². The van der Waals surface area contributed by atoms with Crippen LogP contribution in [0.15, 0.2) is 42.5 Å². The van der Waals surface area contributed by atoms with Crippen molar-refractivity contribution in [1.29, 1.82) is 0 Å². The summed E-state index contributed by atoms with van der Waals surface area (Å²) in [6.45, 7) is 1.83. The molecule has 0 aromatic heterocycles. The highest BCUT2D eigenvalue weighted by Gasteiger charge is 2.06. The summed E-state index contributed by atoms with van der Waals surface area (Å²) in [5.41, 5.74) is 3.19. The van der Waals surface area contributed by atoms with Crippen molar-refractivity contribution in [2.24, 2.45) is 0 Å². The minimum Gasteiger partial charge on any atom is -0.298 e. The maximum atomic E-state index is 13.0. The molecule has 0 heterocycles. The van der Waals surface area contributed by atoms with Crippen molar-refractivity contribution in [2.45, 2.75) is 6.92 Å². The molecule has 2 aromatic rings. The predicted octanol–water partition coefficient (Wildman–Crippen LogP) is 3.61. The summed E-state index contributed by atoms with van der Waals surface area (Å²) in [7, 11) is 0. The molecular formula is C14H11FO. The van der Waals surface area contributed by atoms with E-state index in [1.807, 2.05) is 25.1 Å². The molecule has 0 radical (unpaired) electrons. The Morgan fingerprint density at radius 2 is 1.81 bits per heavy atom. The van der Waals surface area contributed by atoms with Gasteiger partial charge in [0.05, 0.1) is 0 Å². The van der Waals surface area contributed by atoms with Crippen LogP contribution in [0.25, 0.3) is 11.1 Å². The molecule has 0 spiro atoms. The van der Waals surface area contributed by atoms with Crippen LogP contribution in [0.5, 0.6) is 0 Å². The lowest BCUT2D eigenvalue weighted by atomic mass is 9.96. The Balaban J connectivity index is 2.62. The van der Waals surface area contributed by atoms with E-state index >= 15 is 0 Å². The third-order valence-corrected chi connectivity index (χ3v) is 2.57. The maximum absolute atomic E-state index is 13.0. The van der Waals surface area contributed by atoms with Crippen LogP contribution < -0.4 is 0 Å². The van der Waals surface area contributed by atoms with E-state index in [4.69, 9.17) is 0 Å². The lowest BCUT2D eigenvalue weighted by molar-refractivity contribution is 0.112. The van der Waals surface area contributed by atoms with Crippen LogP contribution in [0.2, 0.25) is 0 Å². The van der Waals surface area contributed by atoms with Gasteiger partial charge in [-0.15, -0.1) is 0 Å². The molecule has 0 aliphatic carbocycles. The fraction of sp³-hybridized carbons (Fsp3) is 0.0714. The zero-order chi connectivity index (χ0) is 11.5. The molecule has 0 atom stereocenters. The summed E-state index contributed by atoms with van der Waals surface area (Å²) in [5, 5.41) is 0. The van der Waals surface area contributed by atoms with E-state index in [0.717, 1.165) is 23.0 Å². The van der Waals surface area contributed by atoms with Gasteiger partial charge in [0.1, 0.15) is 5.82 Å². The molecule has 0 N–H and O–H groups in total. The van der Waals surface area contributed by atoms with Crippen LogP contribution in [0.1, 0.15) is 15.9 Å². The zero-order valence-electron chi connectivity index (χ0n) is 8.91. The fourth-order valence-electron chi connectivity index (χ4n) is 1.77. The van der Waals surface area contributed by atoms with Crippen molar-refractivity contribution >= 4 is 6.29 Å². The molecule has 0 aliphatic heterocycles. The third kappa shape index (κ3) is 1.87. The van der Waals surface area contributed by atoms with E-state index in [1.54, 1.807) is 12.1 Å². The van der Waals surface area contributed by atoms with Crippen molar-refractivity contribution in [3.63, 3.8) is 0 Å². The Bertz CT molecular complexity index is 532. The van der Waals surface area contributed by atoms with Gasteiger partial charge in [-0.05, 0) is 35.7 Å². The molecule has 16 heavy (non-hydrogen) atoms. The van der Waals surface area contributed by atoms with E-state index in [9.17, 15) is 9.18 Å². The highest BCUT2D eigenvalue weighted by molar-refractivity contribution is 5.88. The number of rotatable bonds is 2. The highest BCUT2D eigenvalue weighted by Crippen LogP contribution is 2.26. The Morgan fingerprint density at radius 3 is 2.50 bits per heavy atom. The van der Waals surface area contributed by atoms with E-state index in [-0.39, 0.29) is 5.82 Å². The monoisotopic (exact) mass is 214 g/mol. The first-order valence-electron chi connectivity index (χ1n) is 5.03. The number of hydrogen-bond donors (Lipinski definition) is 0.